The summed E-state index contributed by atoms with van der Waals surface area (Å²) in [7, 11) is 0. The van der Waals surface area contributed by atoms with Crippen LogP contribution in [0.3, 0.4) is 0 Å². The van der Waals surface area contributed by atoms with E-state index in [1.165, 1.54) is 12.1 Å². The third kappa shape index (κ3) is 3.07. The molecule has 1 nitrogen and oxygen atoms in total. The van der Waals surface area contributed by atoms with E-state index in [2.05, 4.69) is 0 Å². The van der Waals surface area contributed by atoms with Crippen molar-refractivity contribution in [1.82, 2.24) is 0 Å². The van der Waals surface area contributed by atoms with Crippen LogP contribution in [0.25, 0.3) is 0 Å². The molecule has 0 N–H and O–H groups in total. The van der Waals surface area contributed by atoms with Crippen molar-refractivity contribution >= 4 is 0 Å². The molecule has 1 aromatic rings. The number of halogens is 2. The Bertz CT molecular complexity index is 290. The summed E-state index contributed by atoms with van der Waals surface area (Å²) in [4.78, 5) is 0. The highest BCUT2D eigenvalue weighted by Crippen LogP contribution is 2.20. The molecule has 0 spiro atoms. The molecule has 0 radical (unpaired) electrons. The minimum atomic E-state index is -0.570. The zero-order chi connectivity index (χ0) is 10.7. The van der Waals surface area contributed by atoms with E-state index in [1.54, 1.807) is 6.92 Å². The largest absolute Gasteiger partial charge is 0.371 e. The second kappa shape index (κ2) is 4.51. The molecule has 0 saturated carbocycles. The van der Waals surface area contributed by atoms with Gasteiger partial charge in [-0.15, -0.1) is 0 Å². The predicted molar refractivity (Wildman–Crippen MR) is 51.0 cm³/mol. The van der Waals surface area contributed by atoms with Gasteiger partial charge in [0, 0.05) is 6.07 Å². The fourth-order valence-electron chi connectivity index (χ4n) is 1.30. The minimum Gasteiger partial charge on any atom is -0.371 e. The van der Waals surface area contributed by atoms with Gasteiger partial charge in [-0.3, -0.25) is 0 Å². The van der Waals surface area contributed by atoms with E-state index in [1.807, 2.05) is 13.8 Å². The molecule has 0 saturated heterocycles. The van der Waals surface area contributed by atoms with Gasteiger partial charge >= 0.3 is 0 Å². The van der Waals surface area contributed by atoms with Gasteiger partial charge in [-0.05, 0) is 38.5 Å². The molecule has 0 aromatic heterocycles. The Morgan fingerprint density at radius 1 is 1.00 bits per heavy atom. The van der Waals surface area contributed by atoms with Gasteiger partial charge in [-0.1, -0.05) is 0 Å². The van der Waals surface area contributed by atoms with Crippen molar-refractivity contribution in [3.63, 3.8) is 0 Å². The van der Waals surface area contributed by atoms with E-state index in [9.17, 15) is 8.78 Å². The van der Waals surface area contributed by atoms with E-state index < -0.39 is 11.6 Å². The van der Waals surface area contributed by atoms with Crippen LogP contribution in [0.4, 0.5) is 8.78 Å². The first-order chi connectivity index (χ1) is 6.49. The third-order valence-electron chi connectivity index (χ3n) is 1.83. The van der Waals surface area contributed by atoms with Gasteiger partial charge in [-0.25, -0.2) is 8.78 Å². The quantitative estimate of drug-likeness (QED) is 0.726. The molecule has 3 heteroatoms. The van der Waals surface area contributed by atoms with Crippen LogP contribution in [-0.2, 0) is 4.74 Å². The molecule has 1 atom stereocenters. The molecule has 0 amide bonds. The van der Waals surface area contributed by atoms with Gasteiger partial charge in [0.2, 0.25) is 0 Å². The first kappa shape index (κ1) is 11.1. The van der Waals surface area contributed by atoms with Crippen LogP contribution in [-0.4, -0.2) is 6.10 Å². The minimum absolute atomic E-state index is 0.0383. The average Bonchev–Trinajstić information content (AvgIpc) is 2.00. The van der Waals surface area contributed by atoms with Crippen LogP contribution in [0.5, 0.6) is 0 Å². The molecule has 78 valence electrons. The van der Waals surface area contributed by atoms with Gasteiger partial charge in [-0.2, -0.15) is 0 Å². The van der Waals surface area contributed by atoms with E-state index in [-0.39, 0.29) is 12.2 Å². The molecular weight excluding hydrogens is 186 g/mol. The standard InChI is InChI=1S/C11H14F2O/c1-7(2)14-8(3)9-4-10(12)6-11(13)5-9/h4-8H,1-3H3. The molecule has 14 heavy (non-hydrogen) atoms. The lowest BCUT2D eigenvalue weighted by Crippen LogP contribution is -2.07. The third-order valence-corrected chi connectivity index (χ3v) is 1.83. The van der Waals surface area contributed by atoms with E-state index in [0.717, 1.165) is 6.07 Å². The monoisotopic (exact) mass is 200 g/mol. The van der Waals surface area contributed by atoms with Crippen LogP contribution in [0.1, 0.15) is 32.4 Å². The van der Waals surface area contributed by atoms with Crippen LogP contribution in [0.15, 0.2) is 18.2 Å². The summed E-state index contributed by atoms with van der Waals surface area (Å²) in [6.45, 7) is 5.53. The van der Waals surface area contributed by atoms with Crippen LogP contribution >= 0.6 is 0 Å². The van der Waals surface area contributed by atoms with Crippen molar-refractivity contribution in [1.29, 1.82) is 0 Å². The summed E-state index contributed by atoms with van der Waals surface area (Å²) >= 11 is 0. The number of hydrogen-bond donors (Lipinski definition) is 0. The summed E-state index contributed by atoms with van der Waals surface area (Å²) in [5, 5.41) is 0. The van der Waals surface area contributed by atoms with Gasteiger partial charge in [0.25, 0.3) is 0 Å². The van der Waals surface area contributed by atoms with E-state index >= 15 is 0 Å². The highest BCUT2D eigenvalue weighted by Gasteiger charge is 2.10. The molecule has 0 aliphatic heterocycles. The number of benzene rings is 1. The lowest BCUT2D eigenvalue weighted by atomic mass is 10.1. The molecule has 1 aromatic carbocycles. The van der Waals surface area contributed by atoms with Crippen molar-refractivity contribution in [2.75, 3.05) is 0 Å². The SMILES string of the molecule is CC(C)OC(C)c1cc(F)cc(F)c1. The Kier molecular flexibility index (Phi) is 3.58. The molecule has 0 bridgehead atoms. The fraction of sp³-hybridized carbons (Fsp3) is 0.455. The summed E-state index contributed by atoms with van der Waals surface area (Å²) < 4.78 is 31.1. The summed E-state index contributed by atoms with van der Waals surface area (Å²) in [6.07, 6.45) is -0.253. The summed E-state index contributed by atoms with van der Waals surface area (Å²) in [5.41, 5.74) is 0.524. The van der Waals surface area contributed by atoms with Crippen molar-refractivity contribution in [2.24, 2.45) is 0 Å². The zero-order valence-electron chi connectivity index (χ0n) is 8.55. The highest BCUT2D eigenvalue weighted by atomic mass is 19.1. The normalized spacial score (nSPS) is 13.3. The van der Waals surface area contributed by atoms with E-state index in [4.69, 9.17) is 4.74 Å². The first-order valence-corrected chi connectivity index (χ1v) is 4.60. The summed E-state index contributed by atoms with van der Waals surface area (Å²) in [5.74, 6) is -1.14. The first-order valence-electron chi connectivity index (χ1n) is 4.60. The molecule has 0 aliphatic carbocycles. The molecular formula is C11H14F2O. The van der Waals surface area contributed by atoms with Gasteiger partial charge in [0.1, 0.15) is 11.6 Å². The average molecular weight is 200 g/mol. The second-order valence-electron chi connectivity index (χ2n) is 3.53. The number of hydrogen-bond acceptors (Lipinski definition) is 1. The maximum absolute atomic E-state index is 12.8. The van der Waals surface area contributed by atoms with Crippen LogP contribution < -0.4 is 0 Å². The van der Waals surface area contributed by atoms with E-state index in [0.29, 0.717) is 5.56 Å². The van der Waals surface area contributed by atoms with Gasteiger partial charge < -0.3 is 4.74 Å². The van der Waals surface area contributed by atoms with Crippen molar-refractivity contribution in [3.8, 4) is 0 Å². The maximum Gasteiger partial charge on any atom is 0.126 e. The highest BCUT2D eigenvalue weighted by molar-refractivity contribution is 5.19. The molecule has 0 heterocycles. The Morgan fingerprint density at radius 3 is 1.93 bits per heavy atom. The second-order valence-corrected chi connectivity index (χ2v) is 3.53. The smallest absolute Gasteiger partial charge is 0.126 e. The molecule has 1 rings (SSSR count). The Hall–Kier alpha value is -0.960. The van der Waals surface area contributed by atoms with Crippen molar-refractivity contribution in [3.05, 3.63) is 35.4 Å². The molecule has 0 fully saturated rings. The van der Waals surface area contributed by atoms with Gasteiger partial charge in [0.15, 0.2) is 0 Å². The van der Waals surface area contributed by atoms with Crippen molar-refractivity contribution < 1.29 is 13.5 Å². The Balaban J connectivity index is 2.84. The lowest BCUT2D eigenvalue weighted by Gasteiger charge is -2.16. The Labute approximate surface area is 82.7 Å². The summed E-state index contributed by atoms with van der Waals surface area (Å²) in [6, 6.07) is 3.43. The topological polar surface area (TPSA) is 9.23 Å². The number of ether oxygens (including phenoxy) is 1. The lowest BCUT2D eigenvalue weighted by molar-refractivity contribution is 0.0175. The van der Waals surface area contributed by atoms with Gasteiger partial charge in [0.05, 0.1) is 12.2 Å². The Morgan fingerprint density at radius 2 is 1.50 bits per heavy atom. The predicted octanol–water partition coefficient (Wildman–Crippen LogP) is 3.45. The van der Waals surface area contributed by atoms with Crippen LogP contribution in [0.2, 0.25) is 0 Å². The number of rotatable bonds is 3. The van der Waals surface area contributed by atoms with Crippen LogP contribution in [0, 0.1) is 11.6 Å². The maximum atomic E-state index is 12.8. The fourth-order valence-corrected chi connectivity index (χ4v) is 1.30. The zero-order valence-corrected chi connectivity index (χ0v) is 8.55. The van der Waals surface area contributed by atoms with Crippen molar-refractivity contribution in [2.45, 2.75) is 33.0 Å². The molecule has 0 aliphatic rings. The molecule has 1 unspecified atom stereocenters.